The lowest BCUT2D eigenvalue weighted by Gasteiger charge is -2.37. The molecular weight excluding hydrogens is 326 g/mol. The minimum atomic E-state index is -0.104. The van der Waals surface area contributed by atoms with Gasteiger partial charge in [0.1, 0.15) is 5.76 Å². The number of ether oxygens (including phenoxy) is 1. The van der Waals surface area contributed by atoms with E-state index in [9.17, 15) is 4.79 Å². The van der Waals surface area contributed by atoms with Crippen LogP contribution < -0.4 is 5.32 Å². The average Bonchev–Trinajstić information content (AvgIpc) is 3.09. The summed E-state index contributed by atoms with van der Waals surface area (Å²) >= 11 is 1.94. The first kappa shape index (κ1) is 16.4. The highest BCUT2D eigenvalue weighted by atomic mass is 32.2. The Morgan fingerprint density at radius 1 is 1.38 bits per heavy atom. The van der Waals surface area contributed by atoms with Crippen LogP contribution >= 0.6 is 11.9 Å². The second-order valence-corrected chi connectivity index (χ2v) is 8.51. The third kappa shape index (κ3) is 3.78. The normalized spacial score (nSPS) is 31.3. The Kier molecular flexibility index (Phi) is 4.83. The zero-order valence-corrected chi connectivity index (χ0v) is 14.9. The molecule has 0 bridgehead atoms. The smallest absolute Gasteiger partial charge is 0.273 e. The molecule has 1 N–H and O–H groups in total. The van der Waals surface area contributed by atoms with Crippen molar-refractivity contribution in [3.8, 4) is 0 Å². The van der Waals surface area contributed by atoms with Crippen LogP contribution in [0.2, 0.25) is 0 Å². The number of nitrogens with one attached hydrogen (secondary N) is 1. The number of hydrogen-bond acceptors (Lipinski definition) is 6. The number of rotatable bonds is 5. The molecule has 132 valence electrons. The lowest BCUT2D eigenvalue weighted by atomic mass is 10.0. The maximum Gasteiger partial charge on any atom is 0.273 e. The van der Waals surface area contributed by atoms with Crippen LogP contribution in [0.4, 0.5) is 0 Å². The predicted octanol–water partition coefficient (Wildman–Crippen LogP) is 2.57. The van der Waals surface area contributed by atoms with Crippen LogP contribution in [0, 0.1) is 0 Å². The van der Waals surface area contributed by atoms with Crippen molar-refractivity contribution in [1.29, 1.82) is 0 Å². The van der Waals surface area contributed by atoms with Gasteiger partial charge in [0.25, 0.3) is 5.91 Å². The fraction of sp³-hybridized carbons (Fsp3) is 0.765. The van der Waals surface area contributed by atoms with Gasteiger partial charge in [-0.2, -0.15) is 0 Å². The van der Waals surface area contributed by atoms with E-state index in [0.717, 1.165) is 57.6 Å². The molecule has 1 aliphatic carbocycles. The summed E-state index contributed by atoms with van der Waals surface area (Å²) in [5.74, 6) is 1.24. The first-order valence-corrected chi connectivity index (χ1v) is 9.81. The van der Waals surface area contributed by atoms with Gasteiger partial charge in [-0.3, -0.25) is 4.79 Å². The highest BCUT2D eigenvalue weighted by Crippen LogP contribution is 2.40. The minimum absolute atomic E-state index is 0.104. The molecule has 1 saturated carbocycles. The van der Waals surface area contributed by atoms with E-state index in [2.05, 4.69) is 21.7 Å². The van der Waals surface area contributed by atoms with Gasteiger partial charge in [-0.15, -0.1) is 0 Å². The summed E-state index contributed by atoms with van der Waals surface area (Å²) in [5.41, 5.74) is 0.421. The second kappa shape index (κ2) is 7.06. The molecule has 0 spiro atoms. The van der Waals surface area contributed by atoms with Crippen molar-refractivity contribution >= 4 is 17.9 Å². The van der Waals surface area contributed by atoms with Crippen molar-refractivity contribution < 1.29 is 14.1 Å². The first-order chi connectivity index (χ1) is 11.7. The number of carbonyl (C=O) groups excluding carboxylic acids is 1. The van der Waals surface area contributed by atoms with E-state index in [-0.39, 0.29) is 11.9 Å². The van der Waals surface area contributed by atoms with Crippen LogP contribution in [0.15, 0.2) is 10.6 Å². The SMILES string of the molecule is CC1CC(NC(=O)c2cc(C3CC3)on2)CCN1SC1CCOC1. The highest BCUT2D eigenvalue weighted by molar-refractivity contribution is 7.97. The van der Waals surface area contributed by atoms with E-state index in [1.165, 1.54) is 0 Å². The van der Waals surface area contributed by atoms with E-state index in [1.54, 1.807) is 0 Å². The Balaban J connectivity index is 1.27. The number of piperidine rings is 1. The molecule has 2 aliphatic heterocycles. The maximum atomic E-state index is 12.4. The second-order valence-electron chi connectivity index (χ2n) is 7.16. The standard InChI is InChI=1S/C17H25N3O3S/c1-11-8-13(4-6-20(11)24-14-5-7-22-10-14)18-17(21)15-9-16(23-19-15)12-2-3-12/h9,11-14H,2-8,10H2,1H3,(H,18,21). The predicted molar refractivity (Wildman–Crippen MR) is 91.9 cm³/mol. The molecule has 0 aromatic carbocycles. The summed E-state index contributed by atoms with van der Waals surface area (Å²) in [4.78, 5) is 12.4. The molecule has 3 fully saturated rings. The van der Waals surface area contributed by atoms with E-state index < -0.39 is 0 Å². The molecule has 6 nitrogen and oxygen atoms in total. The number of nitrogens with zero attached hydrogens (tertiary/aromatic N) is 2. The molecule has 1 amide bonds. The van der Waals surface area contributed by atoms with Crippen molar-refractivity contribution in [1.82, 2.24) is 14.8 Å². The molecule has 3 heterocycles. The van der Waals surface area contributed by atoms with Gasteiger partial charge >= 0.3 is 0 Å². The summed E-state index contributed by atoms with van der Waals surface area (Å²) in [6.07, 6.45) is 5.39. The Bertz CT molecular complexity index is 583. The van der Waals surface area contributed by atoms with Gasteiger partial charge in [0.15, 0.2) is 5.69 Å². The number of carbonyl (C=O) groups is 1. The van der Waals surface area contributed by atoms with Crippen LogP contribution in [0.25, 0.3) is 0 Å². The zero-order chi connectivity index (χ0) is 16.5. The van der Waals surface area contributed by atoms with Gasteiger partial charge in [0, 0.05) is 42.5 Å². The molecule has 4 rings (SSSR count). The van der Waals surface area contributed by atoms with E-state index >= 15 is 0 Å². The van der Waals surface area contributed by atoms with Crippen molar-refractivity contribution in [2.75, 3.05) is 19.8 Å². The van der Waals surface area contributed by atoms with Gasteiger partial charge in [0.05, 0.1) is 6.61 Å². The van der Waals surface area contributed by atoms with E-state index in [1.807, 2.05) is 18.0 Å². The van der Waals surface area contributed by atoms with Crippen LogP contribution in [0.3, 0.4) is 0 Å². The molecule has 3 unspecified atom stereocenters. The number of hydrogen-bond donors (Lipinski definition) is 1. The van der Waals surface area contributed by atoms with Crippen LogP contribution in [-0.4, -0.2) is 52.5 Å². The third-order valence-corrected chi connectivity index (χ3v) is 6.55. The quantitative estimate of drug-likeness (QED) is 0.823. The Labute approximate surface area is 146 Å². The minimum Gasteiger partial charge on any atom is -0.380 e. The lowest BCUT2D eigenvalue weighted by Crippen LogP contribution is -2.47. The number of aromatic nitrogens is 1. The van der Waals surface area contributed by atoms with Crippen molar-refractivity contribution in [3.05, 3.63) is 17.5 Å². The fourth-order valence-electron chi connectivity index (χ4n) is 3.44. The number of amides is 1. The van der Waals surface area contributed by atoms with Gasteiger partial charge in [-0.25, -0.2) is 4.31 Å². The molecule has 3 aliphatic rings. The van der Waals surface area contributed by atoms with Gasteiger partial charge < -0.3 is 14.6 Å². The molecule has 2 saturated heterocycles. The summed E-state index contributed by atoms with van der Waals surface area (Å²) in [6.45, 7) is 4.99. The highest BCUT2D eigenvalue weighted by Gasteiger charge is 2.32. The summed E-state index contributed by atoms with van der Waals surface area (Å²) < 4.78 is 13.2. The third-order valence-electron chi connectivity index (χ3n) is 5.06. The van der Waals surface area contributed by atoms with Crippen molar-refractivity contribution in [2.45, 2.75) is 62.3 Å². The molecule has 1 aromatic heterocycles. The molecular formula is C17H25N3O3S. The molecule has 0 radical (unpaired) electrons. The Morgan fingerprint density at radius 2 is 2.25 bits per heavy atom. The largest absolute Gasteiger partial charge is 0.380 e. The maximum absolute atomic E-state index is 12.4. The summed E-state index contributed by atoms with van der Waals surface area (Å²) in [5, 5.41) is 7.65. The lowest BCUT2D eigenvalue weighted by molar-refractivity contribution is 0.0906. The monoisotopic (exact) mass is 351 g/mol. The van der Waals surface area contributed by atoms with Crippen LogP contribution in [-0.2, 0) is 4.74 Å². The van der Waals surface area contributed by atoms with Crippen LogP contribution in [0.5, 0.6) is 0 Å². The molecule has 1 aromatic rings. The van der Waals surface area contributed by atoms with Crippen molar-refractivity contribution in [2.24, 2.45) is 0 Å². The molecule has 3 atom stereocenters. The van der Waals surface area contributed by atoms with Gasteiger partial charge in [-0.1, -0.05) is 17.1 Å². The topological polar surface area (TPSA) is 67.6 Å². The van der Waals surface area contributed by atoms with E-state index in [0.29, 0.717) is 22.9 Å². The fourth-order valence-corrected chi connectivity index (χ4v) is 4.69. The van der Waals surface area contributed by atoms with Gasteiger partial charge in [-0.05, 0) is 39.0 Å². The zero-order valence-electron chi connectivity index (χ0n) is 14.1. The Hall–Kier alpha value is -1.05. The Morgan fingerprint density at radius 3 is 2.96 bits per heavy atom. The first-order valence-electron chi connectivity index (χ1n) is 8.97. The molecule has 7 heteroatoms. The van der Waals surface area contributed by atoms with Gasteiger partial charge in [0.2, 0.25) is 0 Å². The van der Waals surface area contributed by atoms with E-state index in [4.69, 9.17) is 9.26 Å². The summed E-state index contributed by atoms with van der Waals surface area (Å²) in [7, 11) is 0. The summed E-state index contributed by atoms with van der Waals surface area (Å²) in [6, 6.07) is 2.47. The average molecular weight is 351 g/mol. The van der Waals surface area contributed by atoms with Crippen molar-refractivity contribution in [3.63, 3.8) is 0 Å². The van der Waals surface area contributed by atoms with Crippen LogP contribution in [0.1, 0.15) is 61.2 Å². The molecule has 24 heavy (non-hydrogen) atoms.